The molecule has 0 aliphatic carbocycles. The minimum absolute atomic E-state index is 1.57. The second-order valence-electron chi connectivity index (χ2n) is 0.551. The molecule has 0 aliphatic rings. The zero-order valence-corrected chi connectivity index (χ0v) is 2.49. The molecule has 0 rings (SSSR count). The van der Waals surface area contributed by atoms with Gasteiger partial charge in [0.25, 0.3) is 0 Å². The Hall–Kier alpha value is -0.330. The maximum Gasteiger partial charge on any atom is 0.122 e. The SMILES string of the molecule is [2H]C(=O)C(C([2H])([2H])[2H])C([2H])([2H])[2H]. The van der Waals surface area contributed by atoms with Crippen LogP contribution >= 0.6 is 0 Å². The summed E-state index contributed by atoms with van der Waals surface area (Å²) < 4.78 is 46.7. The van der Waals surface area contributed by atoms with Crippen molar-refractivity contribution in [3.63, 3.8) is 0 Å². The lowest BCUT2D eigenvalue weighted by atomic mass is 10.3. The van der Waals surface area contributed by atoms with Crippen molar-refractivity contribution in [1.82, 2.24) is 0 Å². The fourth-order valence-corrected chi connectivity index (χ4v) is 0. The lowest BCUT2D eigenvalue weighted by molar-refractivity contribution is -0.110. The van der Waals surface area contributed by atoms with Crippen LogP contribution in [0.1, 0.15) is 23.3 Å². The van der Waals surface area contributed by atoms with Crippen molar-refractivity contribution >= 4 is 6.26 Å². The molecule has 0 saturated heterocycles. The van der Waals surface area contributed by atoms with Gasteiger partial charge in [0.15, 0.2) is 0 Å². The Morgan fingerprint density at radius 3 is 2.80 bits per heavy atom. The molecule has 0 unspecified atom stereocenters. The van der Waals surface area contributed by atoms with E-state index in [0.29, 0.717) is 0 Å². The Labute approximate surface area is 41.8 Å². The lowest BCUT2D eigenvalue weighted by Gasteiger charge is -1.78. The summed E-state index contributed by atoms with van der Waals surface area (Å²) in [7, 11) is 0. The summed E-state index contributed by atoms with van der Waals surface area (Å²) in [5.41, 5.74) is 0. The van der Waals surface area contributed by atoms with Gasteiger partial charge in [0, 0.05) is 14.1 Å². The first-order chi connectivity index (χ1) is 5.07. The van der Waals surface area contributed by atoms with Gasteiger partial charge in [0.2, 0.25) is 0 Å². The van der Waals surface area contributed by atoms with E-state index in [0.717, 1.165) is 0 Å². The fraction of sp³-hybridized carbons (Fsp3) is 0.750. The lowest BCUT2D eigenvalue weighted by Crippen LogP contribution is -1.82. The summed E-state index contributed by atoms with van der Waals surface area (Å²) in [4.78, 5) is 10.4. The first-order valence-electron chi connectivity index (χ1n) is 4.57. The first-order valence-corrected chi connectivity index (χ1v) is 1.07. The average molecular weight is 79.1 g/mol. The summed E-state index contributed by atoms with van der Waals surface area (Å²) in [5, 5.41) is 0. The van der Waals surface area contributed by atoms with Crippen molar-refractivity contribution < 1.29 is 14.4 Å². The molecule has 30 valence electrons. The predicted octanol–water partition coefficient (Wildman–Crippen LogP) is 0.841. The van der Waals surface area contributed by atoms with Crippen LogP contribution in [0.25, 0.3) is 0 Å². The van der Waals surface area contributed by atoms with Gasteiger partial charge in [-0.25, -0.2) is 0 Å². The van der Waals surface area contributed by atoms with E-state index < -0.39 is 25.9 Å². The molecule has 0 aromatic carbocycles. The molecule has 0 atom stereocenters. The number of hydrogen-bond acceptors (Lipinski definition) is 1. The molecule has 0 N–H and O–H groups in total. The van der Waals surface area contributed by atoms with Crippen LogP contribution in [0.2, 0.25) is 0 Å². The normalized spacial score (nSPS) is 34.2. The summed E-state index contributed by atoms with van der Waals surface area (Å²) in [6.45, 7) is -5.85. The van der Waals surface area contributed by atoms with E-state index in [1.54, 1.807) is 0 Å². The summed E-state index contributed by atoms with van der Waals surface area (Å²) in [5.74, 6) is -2.19. The third-order valence-electron chi connectivity index (χ3n) is 0.118. The number of rotatable bonds is 1. The van der Waals surface area contributed by atoms with E-state index in [4.69, 9.17) is 9.60 Å². The molecule has 5 heavy (non-hydrogen) atoms. The molecule has 0 saturated carbocycles. The molecular formula is C4H8O. The molecule has 0 aromatic rings. The average Bonchev–Trinajstić information content (AvgIpc) is 1.49. The Morgan fingerprint density at radius 2 is 2.80 bits per heavy atom. The van der Waals surface area contributed by atoms with Crippen LogP contribution in [0, 0.1) is 5.92 Å². The number of carbonyl (C=O) groups is 1. The van der Waals surface area contributed by atoms with Crippen molar-refractivity contribution in [1.29, 1.82) is 0 Å². The van der Waals surface area contributed by atoms with Crippen molar-refractivity contribution in [2.45, 2.75) is 13.7 Å². The monoisotopic (exact) mass is 79.1 g/mol. The third kappa shape index (κ3) is 3.67. The van der Waals surface area contributed by atoms with E-state index in [-0.39, 0.29) is 0 Å². The second-order valence-corrected chi connectivity index (χ2v) is 0.551. The number of aldehydes is 1. The molecule has 0 heterocycles. The maximum absolute atomic E-state index is 10.4. The third-order valence-corrected chi connectivity index (χ3v) is 0.118. The molecule has 0 aromatic heterocycles. The van der Waals surface area contributed by atoms with Gasteiger partial charge in [-0.3, -0.25) is 0 Å². The first kappa shape index (κ1) is 0.552. The highest BCUT2D eigenvalue weighted by molar-refractivity contribution is 5.51. The minimum atomic E-state index is -2.93. The Morgan fingerprint density at radius 1 is 2.20 bits per heavy atom. The smallest absolute Gasteiger partial charge is 0.122 e. The van der Waals surface area contributed by atoms with Gasteiger partial charge in [-0.15, -0.1) is 0 Å². The molecule has 0 fully saturated rings. The molecule has 0 spiro atoms. The van der Waals surface area contributed by atoms with Crippen LogP contribution in [0.15, 0.2) is 0 Å². The van der Waals surface area contributed by atoms with Gasteiger partial charge in [-0.1, -0.05) is 13.7 Å². The number of hydrogen-bond donors (Lipinski definition) is 0. The Bertz CT molecular complexity index is 163. The second kappa shape index (κ2) is 1.94. The quantitative estimate of drug-likeness (QED) is 0.426. The highest BCUT2D eigenvalue weighted by Gasteiger charge is 1.79. The van der Waals surface area contributed by atoms with Crippen molar-refractivity contribution in [3.8, 4) is 0 Å². The number of carbonyl (C=O) groups excluding carboxylic acids is 1. The zero-order valence-electron chi connectivity index (χ0n) is 9.49. The molecular weight excluding hydrogens is 64.0 g/mol. The van der Waals surface area contributed by atoms with Crippen molar-refractivity contribution in [2.24, 2.45) is 5.92 Å². The van der Waals surface area contributed by atoms with E-state index in [9.17, 15) is 4.79 Å². The topological polar surface area (TPSA) is 17.1 Å². The van der Waals surface area contributed by atoms with Gasteiger partial charge in [0.05, 0.1) is 0 Å². The van der Waals surface area contributed by atoms with Gasteiger partial charge >= 0.3 is 0 Å². The highest BCUT2D eigenvalue weighted by atomic mass is 16.1. The molecule has 1 nitrogen and oxygen atoms in total. The summed E-state index contributed by atoms with van der Waals surface area (Å²) in [6, 6.07) is 0. The molecule has 0 amide bonds. The van der Waals surface area contributed by atoms with Gasteiger partial charge in [0.1, 0.15) is 7.63 Å². The maximum atomic E-state index is 10.4. The fourth-order valence-electron chi connectivity index (χ4n) is 0. The van der Waals surface area contributed by atoms with Crippen LogP contribution in [-0.2, 0) is 4.79 Å². The van der Waals surface area contributed by atoms with Gasteiger partial charge in [-0.2, -0.15) is 0 Å². The molecule has 0 bridgehead atoms. The van der Waals surface area contributed by atoms with E-state index >= 15 is 0 Å². The van der Waals surface area contributed by atoms with E-state index in [1.165, 1.54) is 0 Å². The summed E-state index contributed by atoms with van der Waals surface area (Å²) >= 11 is 0. The molecule has 0 aliphatic heterocycles. The van der Waals surface area contributed by atoms with Gasteiger partial charge in [-0.05, 0) is 0 Å². The van der Waals surface area contributed by atoms with Crippen LogP contribution in [0.5, 0.6) is 0 Å². The largest absolute Gasteiger partial charge is 0.303 e. The zero-order chi connectivity index (χ0) is 10.2. The summed E-state index contributed by atoms with van der Waals surface area (Å²) in [6.07, 6.45) is -1.57. The van der Waals surface area contributed by atoms with E-state index in [2.05, 4.69) is 0 Å². The van der Waals surface area contributed by atoms with Crippen LogP contribution in [-0.4, -0.2) is 6.26 Å². The van der Waals surface area contributed by atoms with E-state index in [1.807, 2.05) is 0 Å². The van der Waals surface area contributed by atoms with Crippen molar-refractivity contribution in [2.75, 3.05) is 0 Å². The van der Waals surface area contributed by atoms with Crippen LogP contribution in [0.3, 0.4) is 0 Å². The Kier molecular flexibility index (Phi) is 0.215. The predicted molar refractivity (Wildman–Crippen MR) is 20.9 cm³/mol. The van der Waals surface area contributed by atoms with Crippen LogP contribution in [0.4, 0.5) is 0 Å². The van der Waals surface area contributed by atoms with Crippen LogP contribution < -0.4 is 0 Å². The highest BCUT2D eigenvalue weighted by Crippen LogP contribution is 1.78. The van der Waals surface area contributed by atoms with Crippen molar-refractivity contribution in [3.05, 3.63) is 0 Å². The molecule has 1 heteroatoms. The minimum Gasteiger partial charge on any atom is -0.303 e. The van der Waals surface area contributed by atoms with Gasteiger partial charge < -0.3 is 4.79 Å². The molecule has 0 radical (unpaired) electrons. The Balaban J connectivity index is 4.82. The standard InChI is InChI=1S/C4H8O/c1-4(2)3-5/h3-4H,1-2H3/i1D3,2D3,3D.